The summed E-state index contributed by atoms with van der Waals surface area (Å²) in [6.45, 7) is 5.10. The number of ether oxygens (including phenoxy) is 2. The Morgan fingerprint density at radius 2 is 1.70 bits per heavy atom. The summed E-state index contributed by atoms with van der Waals surface area (Å²) in [5.74, 6) is 1.80. The molecule has 0 spiro atoms. The van der Waals surface area contributed by atoms with Gasteiger partial charge in [0.25, 0.3) is 5.91 Å². The summed E-state index contributed by atoms with van der Waals surface area (Å²) < 4.78 is 35.0. The maximum absolute atomic E-state index is 13.3. The minimum Gasteiger partial charge on any atom is -0.497 e. The molecule has 2 aromatic carbocycles. The monoisotopic (exact) mass is 431 g/mol. The Kier molecular flexibility index (Phi) is 7.02. The first-order chi connectivity index (χ1) is 14.3. The molecule has 0 aromatic heterocycles. The van der Waals surface area contributed by atoms with Crippen molar-refractivity contribution < 1.29 is 22.7 Å². The van der Waals surface area contributed by atoms with Gasteiger partial charge in [-0.25, -0.2) is 8.42 Å². The molecule has 6 nitrogen and oxygen atoms in total. The number of hydrogen-bond donors (Lipinski definition) is 0. The van der Waals surface area contributed by atoms with Crippen molar-refractivity contribution in [2.75, 3.05) is 25.2 Å². The van der Waals surface area contributed by atoms with Crippen molar-refractivity contribution in [1.82, 2.24) is 4.90 Å². The number of carbonyl (C=O) groups excluding carboxylic acids is 1. The van der Waals surface area contributed by atoms with Gasteiger partial charge in [0, 0.05) is 18.2 Å². The number of benzene rings is 2. The summed E-state index contributed by atoms with van der Waals surface area (Å²) in [4.78, 5) is 15.0. The van der Waals surface area contributed by atoms with Crippen LogP contribution in [0.4, 0.5) is 0 Å². The average molecular weight is 432 g/mol. The number of rotatable bonds is 8. The third-order valence-electron chi connectivity index (χ3n) is 5.11. The number of methoxy groups -OCH3 is 1. The van der Waals surface area contributed by atoms with E-state index in [2.05, 4.69) is 13.8 Å². The highest BCUT2D eigenvalue weighted by atomic mass is 32.2. The second-order valence-electron chi connectivity index (χ2n) is 8.07. The van der Waals surface area contributed by atoms with Gasteiger partial charge in [-0.15, -0.1) is 0 Å². The Labute approximate surface area is 178 Å². The van der Waals surface area contributed by atoms with Crippen molar-refractivity contribution in [2.24, 2.45) is 5.92 Å². The molecule has 30 heavy (non-hydrogen) atoms. The zero-order chi connectivity index (χ0) is 21.7. The van der Waals surface area contributed by atoms with Crippen LogP contribution in [0, 0.1) is 5.92 Å². The van der Waals surface area contributed by atoms with Crippen LogP contribution in [0.15, 0.2) is 48.5 Å². The molecule has 0 N–H and O–H groups in total. The van der Waals surface area contributed by atoms with Crippen LogP contribution in [0.25, 0.3) is 0 Å². The second-order valence-corrected chi connectivity index (χ2v) is 10.3. The molecule has 3 rings (SSSR count). The Bertz CT molecular complexity index is 952. The van der Waals surface area contributed by atoms with Crippen LogP contribution in [0.1, 0.15) is 36.2 Å². The molecule has 1 fully saturated rings. The molecule has 0 radical (unpaired) electrons. The predicted octanol–water partition coefficient (Wildman–Crippen LogP) is 3.56. The normalized spacial score (nSPS) is 17.7. The third-order valence-corrected chi connectivity index (χ3v) is 6.86. The summed E-state index contributed by atoms with van der Waals surface area (Å²) in [5.41, 5.74) is 1.44. The van der Waals surface area contributed by atoms with Crippen LogP contribution in [0.2, 0.25) is 0 Å². The number of amides is 1. The fraction of sp³-hybridized carbons (Fsp3) is 0.435. The molecule has 162 valence electrons. The van der Waals surface area contributed by atoms with E-state index in [0.717, 1.165) is 11.3 Å². The van der Waals surface area contributed by atoms with E-state index in [1.54, 1.807) is 36.3 Å². The molecular formula is C23H29NO5S. The summed E-state index contributed by atoms with van der Waals surface area (Å²) >= 11 is 0. The first kappa shape index (κ1) is 22.2. The van der Waals surface area contributed by atoms with Gasteiger partial charge in [-0.05, 0) is 54.3 Å². The predicted molar refractivity (Wildman–Crippen MR) is 117 cm³/mol. The van der Waals surface area contributed by atoms with Crippen LogP contribution >= 0.6 is 0 Å². The van der Waals surface area contributed by atoms with E-state index < -0.39 is 9.84 Å². The van der Waals surface area contributed by atoms with Crippen molar-refractivity contribution in [3.05, 3.63) is 59.7 Å². The Morgan fingerprint density at radius 3 is 2.23 bits per heavy atom. The van der Waals surface area contributed by atoms with Crippen LogP contribution in [-0.4, -0.2) is 50.5 Å². The number of carbonyl (C=O) groups is 1. The lowest BCUT2D eigenvalue weighted by Gasteiger charge is -2.28. The van der Waals surface area contributed by atoms with E-state index in [1.807, 2.05) is 24.3 Å². The summed E-state index contributed by atoms with van der Waals surface area (Å²) in [6.07, 6.45) is 0.458. The average Bonchev–Trinajstić information content (AvgIpc) is 3.10. The topological polar surface area (TPSA) is 72.9 Å². The molecule has 1 aliphatic heterocycles. The van der Waals surface area contributed by atoms with Crippen LogP contribution in [-0.2, 0) is 16.4 Å². The van der Waals surface area contributed by atoms with Crippen molar-refractivity contribution in [2.45, 2.75) is 32.9 Å². The van der Waals surface area contributed by atoms with Gasteiger partial charge >= 0.3 is 0 Å². The molecular weight excluding hydrogens is 402 g/mol. The van der Waals surface area contributed by atoms with Crippen molar-refractivity contribution in [3.8, 4) is 11.5 Å². The largest absolute Gasteiger partial charge is 0.497 e. The fourth-order valence-electron chi connectivity index (χ4n) is 3.44. The molecule has 1 atom stereocenters. The van der Waals surface area contributed by atoms with Crippen molar-refractivity contribution in [3.63, 3.8) is 0 Å². The van der Waals surface area contributed by atoms with Gasteiger partial charge in [0.05, 0.1) is 25.2 Å². The molecule has 0 unspecified atom stereocenters. The first-order valence-corrected chi connectivity index (χ1v) is 12.0. The number of sulfone groups is 1. The van der Waals surface area contributed by atoms with Crippen molar-refractivity contribution >= 4 is 15.7 Å². The Balaban J connectivity index is 1.80. The van der Waals surface area contributed by atoms with Crippen LogP contribution in [0.3, 0.4) is 0 Å². The zero-order valence-electron chi connectivity index (χ0n) is 17.7. The molecule has 1 amide bonds. The number of hydrogen-bond acceptors (Lipinski definition) is 5. The minimum atomic E-state index is -3.12. The summed E-state index contributed by atoms with van der Waals surface area (Å²) in [5, 5.41) is 0. The standard InChI is InChI=1S/C23H29NO5S/c1-17(2)15-29-22-10-6-19(7-11-22)23(25)24(20-12-13-30(26,27)16-20)14-18-4-8-21(28-3)9-5-18/h4-11,17,20H,12-16H2,1-3H3/t20-/m1/s1. The van der Waals surface area contributed by atoms with Gasteiger partial charge in [0.2, 0.25) is 0 Å². The minimum absolute atomic E-state index is 0.00444. The maximum atomic E-state index is 13.3. The Hall–Kier alpha value is -2.54. The van der Waals surface area contributed by atoms with E-state index >= 15 is 0 Å². The maximum Gasteiger partial charge on any atom is 0.254 e. The molecule has 0 aliphatic carbocycles. The number of nitrogens with zero attached hydrogens (tertiary/aromatic N) is 1. The van der Waals surface area contributed by atoms with E-state index in [-0.39, 0.29) is 23.5 Å². The summed E-state index contributed by atoms with van der Waals surface area (Å²) in [6, 6.07) is 14.2. The van der Waals surface area contributed by atoms with Gasteiger partial charge in [-0.2, -0.15) is 0 Å². The third kappa shape index (κ3) is 5.75. The van der Waals surface area contributed by atoms with E-state index in [9.17, 15) is 13.2 Å². The highest BCUT2D eigenvalue weighted by Gasteiger charge is 2.35. The van der Waals surface area contributed by atoms with Gasteiger partial charge < -0.3 is 14.4 Å². The summed E-state index contributed by atoms with van der Waals surface area (Å²) in [7, 11) is -1.52. The smallest absolute Gasteiger partial charge is 0.254 e. The van der Waals surface area contributed by atoms with Gasteiger partial charge in [-0.1, -0.05) is 26.0 Å². The quantitative estimate of drug-likeness (QED) is 0.639. The van der Waals surface area contributed by atoms with E-state index in [0.29, 0.717) is 36.8 Å². The molecule has 7 heteroatoms. The Morgan fingerprint density at radius 1 is 1.07 bits per heavy atom. The second kappa shape index (κ2) is 9.51. The molecule has 2 aromatic rings. The molecule has 1 saturated heterocycles. The van der Waals surface area contributed by atoms with Gasteiger partial charge in [-0.3, -0.25) is 4.79 Å². The molecule has 0 bridgehead atoms. The first-order valence-electron chi connectivity index (χ1n) is 10.1. The fourth-order valence-corrected chi connectivity index (χ4v) is 5.17. The SMILES string of the molecule is COc1ccc(CN(C(=O)c2ccc(OCC(C)C)cc2)[C@@H]2CCS(=O)(=O)C2)cc1. The lowest BCUT2D eigenvalue weighted by molar-refractivity contribution is 0.0681. The van der Waals surface area contributed by atoms with Crippen molar-refractivity contribution in [1.29, 1.82) is 0 Å². The highest BCUT2D eigenvalue weighted by Crippen LogP contribution is 2.24. The lowest BCUT2D eigenvalue weighted by Crippen LogP contribution is -2.40. The van der Waals surface area contributed by atoms with Gasteiger partial charge in [0.1, 0.15) is 11.5 Å². The molecule has 1 heterocycles. The van der Waals surface area contributed by atoms with Gasteiger partial charge in [0.15, 0.2) is 9.84 Å². The molecule has 0 saturated carbocycles. The zero-order valence-corrected chi connectivity index (χ0v) is 18.5. The van der Waals surface area contributed by atoms with Crippen LogP contribution in [0.5, 0.6) is 11.5 Å². The molecule has 1 aliphatic rings. The van der Waals surface area contributed by atoms with E-state index in [1.165, 1.54) is 0 Å². The van der Waals surface area contributed by atoms with E-state index in [4.69, 9.17) is 9.47 Å². The lowest BCUT2D eigenvalue weighted by atomic mass is 10.1. The highest BCUT2D eigenvalue weighted by molar-refractivity contribution is 7.91. The van der Waals surface area contributed by atoms with Crippen LogP contribution < -0.4 is 9.47 Å².